The van der Waals surface area contributed by atoms with E-state index in [0.717, 1.165) is 40.2 Å². The third-order valence-corrected chi connectivity index (χ3v) is 12.7. The molecule has 0 saturated heterocycles. The van der Waals surface area contributed by atoms with Crippen molar-refractivity contribution in [3.05, 3.63) is 51.1 Å². The molecule has 1 atom stereocenters. The summed E-state index contributed by atoms with van der Waals surface area (Å²) in [5, 5.41) is 3.14. The first-order valence-corrected chi connectivity index (χ1v) is 13.5. The molecule has 7 heteroatoms. The first kappa shape index (κ1) is 17.5. The summed E-state index contributed by atoms with van der Waals surface area (Å²) in [5.74, 6) is 1.08. The van der Waals surface area contributed by atoms with Crippen LogP contribution in [0.5, 0.6) is 0 Å². The minimum absolute atomic E-state index is 0.178. The van der Waals surface area contributed by atoms with E-state index in [2.05, 4.69) is 31.6 Å². The van der Waals surface area contributed by atoms with Crippen LogP contribution >= 0.6 is 39.0 Å². The summed E-state index contributed by atoms with van der Waals surface area (Å²) in [6.45, 7) is 0. The van der Waals surface area contributed by atoms with Crippen LogP contribution in [-0.2, 0) is 12.8 Å². The number of aryl methyl sites for hydroxylation is 2. The van der Waals surface area contributed by atoms with E-state index in [1.165, 1.54) is 28.1 Å². The van der Waals surface area contributed by atoms with E-state index in [4.69, 9.17) is 0 Å². The zero-order chi connectivity index (χ0) is 17.7. The van der Waals surface area contributed by atoms with Gasteiger partial charge in [-0.15, -0.1) is 0 Å². The van der Waals surface area contributed by atoms with Crippen LogP contribution < -0.4 is 9.14 Å². The number of fused-ring (bicyclic) bond motifs is 5. The summed E-state index contributed by atoms with van der Waals surface area (Å²) in [5.41, 5.74) is 2.50. The van der Waals surface area contributed by atoms with E-state index in [1.807, 2.05) is 45.9 Å². The predicted molar refractivity (Wildman–Crippen MR) is 114 cm³/mol. The van der Waals surface area contributed by atoms with Crippen molar-refractivity contribution in [3.63, 3.8) is 0 Å². The molecule has 3 heterocycles. The molecule has 1 aliphatic heterocycles. The molecular weight excluding hydrogens is 495 g/mol. The van der Waals surface area contributed by atoms with Crippen LogP contribution in [-0.4, -0.2) is 30.8 Å². The normalized spacial score (nSPS) is 19.3. The van der Waals surface area contributed by atoms with Crippen molar-refractivity contribution in [3.8, 4) is 5.69 Å². The van der Waals surface area contributed by atoms with Crippen LogP contribution in [0.3, 0.4) is 0 Å². The van der Waals surface area contributed by atoms with Gasteiger partial charge in [-0.3, -0.25) is 0 Å². The van der Waals surface area contributed by atoms with Crippen molar-refractivity contribution >= 4 is 64.4 Å². The molecule has 0 fully saturated rings. The summed E-state index contributed by atoms with van der Waals surface area (Å²) < 4.78 is 4.46. The number of hydrogen-bond donors (Lipinski definition) is 0. The van der Waals surface area contributed by atoms with Gasteiger partial charge in [0.25, 0.3) is 0 Å². The Bertz CT molecular complexity index is 1050. The second-order valence-corrected chi connectivity index (χ2v) is 12.0. The molecule has 1 unspecified atom stereocenters. The fourth-order valence-electron chi connectivity index (χ4n) is 3.73. The molecule has 2 aromatic heterocycles. The number of alkyl halides is 1. The van der Waals surface area contributed by atoms with Gasteiger partial charge in [-0.05, 0) is 0 Å². The Labute approximate surface area is 175 Å². The van der Waals surface area contributed by atoms with Crippen LogP contribution in [0.2, 0.25) is 4.82 Å². The molecular formula is C19H18BrN2OS2Se+. The second kappa shape index (κ2) is 7.10. The van der Waals surface area contributed by atoms with Gasteiger partial charge in [-0.1, -0.05) is 0 Å². The molecule has 0 amide bonds. The number of nitrogens with zero attached hydrogens (tertiary/aromatic N) is 2. The summed E-state index contributed by atoms with van der Waals surface area (Å²) in [6.07, 6.45) is 4.65. The standard InChI is InChI=1S/C19H18BrN2OS2Se/c20-10-13-11-24-19-21(12-6-2-1-3-7-12)17(23)16-14-8-4-5-9-15(14)25-18(16)22(19)26-13/h1-3,6-7,13H,4-5,8-11H2/q+1. The quantitative estimate of drug-likeness (QED) is 0.295. The number of benzene rings is 1. The number of thiophene rings is 1. The minimum atomic E-state index is 0.178. The third-order valence-electron chi connectivity index (χ3n) is 4.96. The number of thioether (sulfide) groups is 1. The fraction of sp³-hybridized carbons (Fsp3) is 0.368. The Morgan fingerprint density at radius 3 is 2.85 bits per heavy atom. The SMILES string of the molecule is O=c1c2c3c(sc2[n+]2c(n1-c1ccccc1)SCC(CBr)[Se]2)CCCC3. The topological polar surface area (TPSA) is 25.9 Å². The average Bonchev–Trinajstić information content (AvgIpc) is 3.09. The summed E-state index contributed by atoms with van der Waals surface area (Å²) in [4.78, 5) is 17.0. The molecule has 0 N–H and O–H groups in total. The van der Waals surface area contributed by atoms with Gasteiger partial charge < -0.3 is 0 Å². The molecule has 2 aliphatic rings. The van der Waals surface area contributed by atoms with Gasteiger partial charge in [0.15, 0.2) is 0 Å². The molecule has 1 aliphatic carbocycles. The molecule has 0 spiro atoms. The second-order valence-electron chi connectivity index (χ2n) is 6.64. The van der Waals surface area contributed by atoms with E-state index >= 15 is 0 Å². The number of para-hydroxylation sites is 1. The van der Waals surface area contributed by atoms with Crippen LogP contribution in [0.4, 0.5) is 0 Å². The molecule has 134 valence electrons. The van der Waals surface area contributed by atoms with Crippen molar-refractivity contribution in [1.29, 1.82) is 0 Å². The van der Waals surface area contributed by atoms with E-state index < -0.39 is 0 Å². The molecule has 3 nitrogen and oxygen atoms in total. The van der Waals surface area contributed by atoms with E-state index in [9.17, 15) is 4.79 Å². The predicted octanol–water partition coefficient (Wildman–Crippen LogP) is 3.97. The van der Waals surface area contributed by atoms with Crippen LogP contribution in [0.15, 0.2) is 40.3 Å². The Hall–Kier alpha value is -0.591. The number of halogens is 1. The number of hydrogen-bond acceptors (Lipinski definition) is 3. The third kappa shape index (κ3) is 2.75. The molecule has 26 heavy (non-hydrogen) atoms. The van der Waals surface area contributed by atoms with Crippen molar-refractivity contribution in [2.45, 2.75) is 35.7 Å². The fourth-order valence-corrected chi connectivity index (χ4v) is 10.6. The maximum atomic E-state index is 13.6. The Morgan fingerprint density at radius 1 is 1.23 bits per heavy atom. The van der Waals surface area contributed by atoms with Crippen LogP contribution in [0.25, 0.3) is 15.9 Å². The molecule has 0 bridgehead atoms. The molecule has 5 rings (SSSR count). The van der Waals surface area contributed by atoms with Gasteiger partial charge in [-0.25, -0.2) is 0 Å². The van der Waals surface area contributed by atoms with Crippen LogP contribution in [0.1, 0.15) is 23.3 Å². The Morgan fingerprint density at radius 2 is 2.04 bits per heavy atom. The monoisotopic (exact) mass is 513 g/mol. The zero-order valence-electron chi connectivity index (χ0n) is 14.1. The van der Waals surface area contributed by atoms with Gasteiger partial charge in [0.1, 0.15) is 0 Å². The zero-order valence-corrected chi connectivity index (χ0v) is 19.0. The Kier molecular flexibility index (Phi) is 4.78. The first-order valence-electron chi connectivity index (χ1n) is 8.84. The summed E-state index contributed by atoms with van der Waals surface area (Å²) in [7, 11) is 0. The van der Waals surface area contributed by atoms with Crippen molar-refractivity contribution in [2.75, 3.05) is 11.1 Å². The van der Waals surface area contributed by atoms with Crippen molar-refractivity contribution in [2.24, 2.45) is 0 Å². The average molecular weight is 513 g/mol. The van der Waals surface area contributed by atoms with Gasteiger partial charge in [-0.2, -0.15) is 0 Å². The van der Waals surface area contributed by atoms with Crippen molar-refractivity contribution < 1.29 is 3.58 Å². The molecule has 3 aromatic rings. The van der Waals surface area contributed by atoms with Crippen LogP contribution in [0, 0.1) is 0 Å². The van der Waals surface area contributed by atoms with Gasteiger partial charge in [0.05, 0.1) is 0 Å². The maximum absolute atomic E-state index is 13.6. The molecule has 0 saturated carbocycles. The number of aromatic nitrogens is 2. The molecule has 0 radical (unpaired) electrons. The Balaban J connectivity index is 1.87. The molecule has 1 aromatic carbocycles. The van der Waals surface area contributed by atoms with E-state index in [1.54, 1.807) is 0 Å². The number of rotatable bonds is 2. The summed E-state index contributed by atoms with van der Waals surface area (Å²) >= 11 is 7.72. The van der Waals surface area contributed by atoms with Gasteiger partial charge in [0.2, 0.25) is 0 Å². The van der Waals surface area contributed by atoms with E-state index in [0.29, 0.717) is 20.0 Å². The van der Waals surface area contributed by atoms with Crippen molar-refractivity contribution in [1.82, 2.24) is 4.57 Å². The van der Waals surface area contributed by atoms with Gasteiger partial charge in [0, 0.05) is 0 Å². The first-order chi connectivity index (χ1) is 12.8. The van der Waals surface area contributed by atoms with E-state index in [-0.39, 0.29) is 5.56 Å². The van der Waals surface area contributed by atoms with Gasteiger partial charge >= 0.3 is 176 Å². The summed E-state index contributed by atoms with van der Waals surface area (Å²) in [6, 6.07) is 10.2.